The Morgan fingerprint density at radius 1 is 0.250 bits per heavy atom. The molecule has 56 heavy (non-hydrogen) atoms. The van der Waals surface area contributed by atoms with Gasteiger partial charge in [-0.05, 0) is 38.5 Å². The fraction of sp³-hybridized carbons (Fsp3) is 0.938. The average Bonchev–Trinajstić information content (AvgIpc) is 3.14. The van der Waals surface area contributed by atoms with Gasteiger partial charge in [-0.3, -0.25) is 0 Å². The molecule has 0 bridgehead atoms. The standard InChI is InChI=1S/3C16H32O2.Ca.K/c3*1-2-3-4-5-6-7-8-9-10-11-12-13-14-15-16(17)18;;/h3*2-15H2,1H3,(H,17,18);;/q;;;+2;+1/p-3. The van der Waals surface area contributed by atoms with Crippen LogP contribution < -0.4 is 66.7 Å². The molecule has 0 saturated heterocycles. The molecule has 0 N–H and O–H groups in total. The van der Waals surface area contributed by atoms with E-state index in [1.165, 1.54) is 212 Å². The third-order valence-corrected chi connectivity index (χ3v) is 10.5. The minimum absolute atomic E-state index is 0. The van der Waals surface area contributed by atoms with Crippen LogP contribution in [0.1, 0.15) is 290 Å². The summed E-state index contributed by atoms with van der Waals surface area (Å²) in [6.07, 6.45) is 50.8. The molecule has 0 unspecified atom stereocenters. The molecule has 0 amide bonds. The van der Waals surface area contributed by atoms with Gasteiger partial charge in [0.15, 0.2) is 0 Å². The Bertz CT molecular complexity index is 643. The Labute approximate surface area is 422 Å². The van der Waals surface area contributed by atoms with E-state index in [1.807, 2.05) is 0 Å². The van der Waals surface area contributed by atoms with Gasteiger partial charge in [0.25, 0.3) is 0 Å². The number of unbranched alkanes of at least 4 members (excludes halogenated alkanes) is 36. The summed E-state index contributed by atoms with van der Waals surface area (Å²) in [6, 6.07) is 0. The topological polar surface area (TPSA) is 120 Å². The van der Waals surface area contributed by atoms with Crippen LogP contribution in [-0.4, -0.2) is 55.6 Å². The molecule has 0 spiro atoms. The summed E-state index contributed by atoms with van der Waals surface area (Å²) < 4.78 is 0. The van der Waals surface area contributed by atoms with E-state index in [-0.39, 0.29) is 108 Å². The molecule has 324 valence electrons. The van der Waals surface area contributed by atoms with Crippen molar-refractivity contribution in [1.82, 2.24) is 0 Å². The third-order valence-electron chi connectivity index (χ3n) is 10.5. The molecule has 0 rings (SSSR count). The van der Waals surface area contributed by atoms with E-state index in [2.05, 4.69) is 20.8 Å². The Morgan fingerprint density at radius 2 is 0.357 bits per heavy atom. The van der Waals surface area contributed by atoms with Crippen LogP contribution in [-0.2, 0) is 14.4 Å². The van der Waals surface area contributed by atoms with Gasteiger partial charge in [-0.15, -0.1) is 0 Å². The van der Waals surface area contributed by atoms with Crippen LogP contribution in [0.5, 0.6) is 0 Å². The van der Waals surface area contributed by atoms with Crippen LogP contribution >= 0.6 is 0 Å². The Balaban J connectivity index is -0.000000228. The van der Waals surface area contributed by atoms with Gasteiger partial charge in [0.1, 0.15) is 0 Å². The number of carbonyl (C=O) groups is 3. The van der Waals surface area contributed by atoms with Gasteiger partial charge in [0.2, 0.25) is 0 Å². The summed E-state index contributed by atoms with van der Waals surface area (Å²) in [5, 5.41) is 30.6. The molecule has 0 atom stereocenters. The molecule has 0 heterocycles. The predicted molar refractivity (Wildman–Crippen MR) is 232 cm³/mol. The van der Waals surface area contributed by atoms with Crippen molar-refractivity contribution in [2.24, 2.45) is 0 Å². The zero-order valence-electron chi connectivity index (χ0n) is 38.4. The Morgan fingerprint density at radius 3 is 0.464 bits per heavy atom. The largest absolute Gasteiger partial charge is 2.00 e. The van der Waals surface area contributed by atoms with Crippen LogP contribution in [0, 0.1) is 0 Å². The van der Waals surface area contributed by atoms with Gasteiger partial charge in [0, 0.05) is 17.9 Å². The van der Waals surface area contributed by atoms with E-state index in [4.69, 9.17) is 0 Å². The van der Waals surface area contributed by atoms with Crippen LogP contribution in [0.3, 0.4) is 0 Å². The third kappa shape index (κ3) is 76.1. The van der Waals surface area contributed by atoms with Gasteiger partial charge < -0.3 is 29.7 Å². The quantitative estimate of drug-likeness (QED) is 0.0447. The van der Waals surface area contributed by atoms with Crippen LogP contribution in [0.25, 0.3) is 0 Å². The maximum absolute atomic E-state index is 10.2. The van der Waals surface area contributed by atoms with Crippen molar-refractivity contribution < 1.29 is 81.1 Å². The molecule has 0 aromatic carbocycles. The van der Waals surface area contributed by atoms with E-state index >= 15 is 0 Å². The Kier molecular flexibility index (Phi) is 74.6. The number of rotatable bonds is 42. The summed E-state index contributed by atoms with van der Waals surface area (Å²) in [7, 11) is 0. The number of hydrogen-bond donors (Lipinski definition) is 0. The normalized spacial score (nSPS) is 10.3. The molecule has 0 aliphatic rings. The van der Waals surface area contributed by atoms with E-state index in [9.17, 15) is 29.7 Å². The van der Waals surface area contributed by atoms with Crippen molar-refractivity contribution in [3.05, 3.63) is 0 Å². The number of carbonyl (C=O) groups excluding carboxylic acids is 3. The average molecular weight is 845 g/mol. The Hall–Kier alpha value is 1.31. The van der Waals surface area contributed by atoms with Gasteiger partial charge >= 0.3 is 89.1 Å². The van der Waals surface area contributed by atoms with Crippen molar-refractivity contribution in [2.45, 2.75) is 290 Å². The second-order valence-corrected chi connectivity index (χ2v) is 16.1. The summed E-state index contributed by atoms with van der Waals surface area (Å²) in [5.74, 6) is -2.71. The first-order valence-corrected chi connectivity index (χ1v) is 23.9. The molecule has 6 nitrogen and oxygen atoms in total. The molecule has 0 aromatic rings. The van der Waals surface area contributed by atoms with Crippen LogP contribution in [0.4, 0.5) is 0 Å². The van der Waals surface area contributed by atoms with Crippen molar-refractivity contribution >= 4 is 55.6 Å². The summed E-state index contributed by atoms with van der Waals surface area (Å²) in [5.41, 5.74) is 0. The van der Waals surface area contributed by atoms with Crippen molar-refractivity contribution in [3.63, 3.8) is 0 Å². The van der Waals surface area contributed by atoms with Gasteiger partial charge in [-0.2, -0.15) is 0 Å². The van der Waals surface area contributed by atoms with Gasteiger partial charge in [-0.25, -0.2) is 0 Å². The minimum Gasteiger partial charge on any atom is -0.550 e. The van der Waals surface area contributed by atoms with Crippen LogP contribution in [0.15, 0.2) is 0 Å². The molecular formula is C48H93CaKO6. The first kappa shape index (κ1) is 66.4. The number of aliphatic carboxylic acids is 3. The summed E-state index contributed by atoms with van der Waals surface area (Å²) in [4.78, 5) is 30.6. The van der Waals surface area contributed by atoms with E-state index in [0.29, 0.717) is 0 Å². The van der Waals surface area contributed by atoms with Crippen molar-refractivity contribution in [2.75, 3.05) is 0 Å². The first-order chi connectivity index (χ1) is 26.3. The molecule has 0 aromatic heterocycles. The second kappa shape index (κ2) is 63.0. The fourth-order valence-corrected chi connectivity index (χ4v) is 6.86. The summed E-state index contributed by atoms with van der Waals surface area (Å²) in [6.45, 7) is 6.77. The van der Waals surface area contributed by atoms with E-state index in [0.717, 1.165) is 38.5 Å². The minimum atomic E-state index is -0.905. The maximum atomic E-state index is 10.2. The molecule has 8 heteroatoms. The smallest absolute Gasteiger partial charge is 0.550 e. The number of carboxylic acid groups (broad SMARTS) is 3. The van der Waals surface area contributed by atoms with E-state index < -0.39 is 17.9 Å². The van der Waals surface area contributed by atoms with Crippen LogP contribution in [0.2, 0.25) is 0 Å². The molecule has 0 fully saturated rings. The van der Waals surface area contributed by atoms with Crippen molar-refractivity contribution in [1.29, 1.82) is 0 Å². The van der Waals surface area contributed by atoms with Gasteiger partial charge in [0.05, 0.1) is 0 Å². The SMILES string of the molecule is CCCCCCCCCCCCCCCC(=O)[O-].CCCCCCCCCCCCCCCC(=O)[O-].CCCCCCCCCCCCCCCC(=O)[O-].[Ca+2].[K+]. The summed E-state index contributed by atoms with van der Waals surface area (Å²) >= 11 is 0. The van der Waals surface area contributed by atoms with Crippen molar-refractivity contribution in [3.8, 4) is 0 Å². The first-order valence-electron chi connectivity index (χ1n) is 23.9. The number of hydrogen-bond acceptors (Lipinski definition) is 6. The predicted octanol–water partition coefficient (Wildman–Crippen LogP) is 9.28. The molecular weight excluding hydrogens is 752 g/mol. The fourth-order valence-electron chi connectivity index (χ4n) is 6.86. The van der Waals surface area contributed by atoms with Gasteiger partial charge in [-0.1, -0.05) is 252 Å². The maximum Gasteiger partial charge on any atom is 2.00 e. The zero-order chi connectivity index (χ0) is 40.4. The second-order valence-electron chi connectivity index (χ2n) is 16.1. The number of carboxylic acids is 3. The molecule has 0 aliphatic heterocycles. The monoisotopic (exact) mass is 845 g/mol. The molecule has 0 aliphatic carbocycles. The zero-order valence-corrected chi connectivity index (χ0v) is 43.7. The molecule has 0 saturated carbocycles. The van der Waals surface area contributed by atoms with E-state index in [1.54, 1.807) is 0 Å². The molecule has 0 radical (unpaired) electrons.